The van der Waals surface area contributed by atoms with Gasteiger partial charge in [0.05, 0.1) is 6.04 Å². The molecule has 2 amide bonds. The minimum absolute atomic E-state index is 0.0417. The van der Waals surface area contributed by atoms with Crippen LogP contribution in [0.5, 0.6) is 5.75 Å². The molecule has 1 aromatic heterocycles. The highest BCUT2D eigenvalue weighted by Gasteiger charge is 2.35. The molecule has 1 aliphatic carbocycles. The summed E-state index contributed by atoms with van der Waals surface area (Å²) in [5.41, 5.74) is 1.66. The molecule has 0 unspecified atom stereocenters. The first-order valence-electron chi connectivity index (χ1n) is 10.9. The molecule has 1 saturated heterocycles. The average molecular weight is 408 g/mol. The van der Waals surface area contributed by atoms with E-state index >= 15 is 0 Å². The summed E-state index contributed by atoms with van der Waals surface area (Å²) in [6.45, 7) is 3.59. The van der Waals surface area contributed by atoms with E-state index in [4.69, 9.17) is 4.74 Å². The number of aromatic nitrogens is 1. The Morgan fingerprint density at radius 2 is 1.73 bits per heavy atom. The SMILES string of the molecule is CC[C@@H](NC(=O)c1ccc(OC2CCN(C(=O)C3CC3)CC2)cc1)c1ccncc1. The van der Waals surface area contributed by atoms with Crippen LogP contribution in [0.15, 0.2) is 48.8 Å². The van der Waals surface area contributed by atoms with Crippen molar-refractivity contribution in [2.45, 2.75) is 51.2 Å². The zero-order chi connectivity index (χ0) is 20.9. The summed E-state index contributed by atoms with van der Waals surface area (Å²) in [7, 11) is 0. The number of amides is 2. The fraction of sp³-hybridized carbons (Fsp3) is 0.458. The Morgan fingerprint density at radius 3 is 2.33 bits per heavy atom. The molecular weight excluding hydrogens is 378 g/mol. The van der Waals surface area contributed by atoms with Crippen molar-refractivity contribution in [2.75, 3.05) is 13.1 Å². The van der Waals surface area contributed by atoms with Gasteiger partial charge in [0.15, 0.2) is 0 Å². The molecule has 2 heterocycles. The molecule has 1 N–H and O–H groups in total. The van der Waals surface area contributed by atoms with Crippen molar-refractivity contribution in [1.29, 1.82) is 0 Å². The molecule has 2 fully saturated rings. The second-order valence-electron chi connectivity index (χ2n) is 8.16. The van der Waals surface area contributed by atoms with E-state index in [0.29, 0.717) is 11.5 Å². The van der Waals surface area contributed by atoms with Crippen LogP contribution in [0.2, 0.25) is 0 Å². The third kappa shape index (κ3) is 4.99. The number of likely N-dealkylation sites (tertiary alicyclic amines) is 1. The quantitative estimate of drug-likeness (QED) is 0.759. The summed E-state index contributed by atoms with van der Waals surface area (Å²) in [6, 6.07) is 11.1. The van der Waals surface area contributed by atoms with Gasteiger partial charge in [0.25, 0.3) is 5.91 Å². The number of hydrogen-bond acceptors (Lipinski definition) is 4. The fourth-order valence-electron chi connectivity index (χ4n) is 3.92. The van der Waals surface area contributed by atoms with Crippen molar-refractivity contribution >= 4 is 11.8 Å². The number of hydrogen-bond donors (Lipinski definition) is 1. The van der Waals surface area contributed by atoms with E-state index in [0.717, 1.165) is 56.5 Å². The molecule has 6 nitrogen and oxygen atoms in total. The van der Waals surface area contributed by atoms with E-state index in [9.17, 15) is 9.59 Å². The van der Waals surface area contributed by atoms with Gasteiger partial charge in [-0.1, -0.05) is 6.92 Å². The molecule has 30 heavy (non-hydrogen) atoms. The molecule has 6 heteroatoms. The maximum Gasteiger partial charge on any atom is 0.251 e. The summed E-state index contributed by atoms with van der Waals surface area (Å²) >= 11 is 0. The standard InChI is InChI=1S/C24H29N3O3/c1-2-22(17-9-13-25-14-10-17)26-23(28)18-5-7-20(8-6-18)30-21-11-15-27(16-12-21)24(29)19-3-4-19/h5-10,13-14,19,21-22H,2-4,11-12,15-16H2,1H3,(H,26,28)/t22-/m1/s1. The minimum Gasteiger partial charge on any atom is -0.490 e. The fourth-order valence-corrected chi connectivity index (χ4v) is 3.92. The Hall–Kier alpha value is -2.89. The number of ether oxygens (including phenoxy) is 1. The Kier molecular flexibility index (Phi) is 6.31. The van der Waals surface area contributed by atoms with Gasteiger partial charge in [-0.15, -0.1) is 0 Å². The second-order valence-corrected chi connectivity index (χ2v) is 8.16. The van der Waals surface area contributed by atoms with Crippen LogP contribution in [0.1, 0.15) is 61.0 Å². The zero-order valence-electron chi connectivity index (χ0n) is 17.4. The zero-order valence-corrected chi connectivity index (χ0v) is 17.4. The topological polar surface area (TPSA) is 71.5 Å². The van der Waals surface area contributed by atoms with Crippen LogP contribution in [0.25, 0.3) is 0 Å². The van der Waals surface area contributed by atoms with Crippen molar-refractivity contribution in [2.24, 2.45) is 5.92 Å². The maximum absolute atomic E-state index is 12.6. The summed E-state index contributed by atoms with van der Waals surface area (Å²) in [6.07, 6.45) is 8.21. The van der Waals surface area contributed by atoms with Crippen LogP contribution in [0.3, 0.4) is 0 Å². The first kappa shape index (κ1) is 20.4. The first-order chi connectivity index (χ1) is 14.6. The number of rotatable bonds is 7. The van der Waals surface area contributed by atoms with Crippen molar-refractivity contribution in [1.82, 2.24) is 15.2 Å². The first-order valence-corrected chi connectivity index (χ1v) is 10.9. The number of benzene rings is 1. The van der Waals surface area contributed by atoms with E-state index < -0.39 is 0 Å². The van der Waals surface area contributed by atoms with E-state index in [-0.39, 0.29) is 24.0 Å². The molecule has 4 rings (SSSR count). The lowest BCUT2D eigenvalue weighted by Crippen LogP contribution is -2.42. The van der Waals surface area contributed by atoms with Crippen molar-refractivity contribution in [3.8, 4) is 5.75 Å². The minimum atomic E-state index is -0.0999. The van der Waals surface area contributed by atoms with Crippen LogP contribution in [0.4, 0.5) is 0 Å². The van der Waals surface area contributed by atoms with Crippen LogP contribution in [-0.2, 0) is 4.79 Å². The highest BCUT2D eigenvalue weighted by Crippen LogP contribution is 2.32. The predicted octanol–water partition coefficient (Wildman–Crippen LogP) is 3.74. The molecule has 2 aromatic rings. The summed E-state index contributed by atoms with van der Waals surface area (Å²) in [5, 5.41) is 3.08. The molecule has 158 valence electrons. The van der Waals surface area contributed by atoms with Gasteiger partial charge in [0.1, 0.15) is 11.9 Å². The second kappa shape index (κ2) is 9.28. The van der Waals surface area contributed by atoms with E-state index in [1.165, 1.54) is 0 Å². The Labute approximate surface area is 177 Å². The lowest BCUT2D eigenvalue weighted by atomic mass is 10.1. The predicted molar refractivity (Wildman–Crippen MR) is 114 cm³/mol. The van der Waals surface area contributed by atoms with Gasteiger partial charge >= 0.3 is 0 Å². The third-order valence-corrected chi connectivity index (χ3v) is 5.92. The molecule has 0 radical (unpaired) electrons. The summed E-state index contributed by atoms with van der Waals surface area (Å²) in [5.74, 6) is 1.27. The van der Waals surface area contributed by atoms with Crippen molar-refractivity contribution in [3.63, 3.8) is 0 Å². The van der Waals surface area contributed by atoms with Crippen LogP contribution in [0, 0.1) is 5.92 Å². The Morgan fingerprint density at radius 1 is 1.07 bits per heavy atom. The van der Waals surface area contributed by atoms with Gasteiger partial charge in [-0.3, -0.25) is 14.6 Å². The number of nitrogens with zero attached hydrogens (tertiary/aromatic N) is 2. The Balaban J connectivity index is 1.28. The van der Waals surface area contributed by atoms with E-state index in [1.54, 1.807) is 24.5 Å². The summed E-state index contributed by atoms with van der Waals surface area (Å²) in [4.78, 5) is 30.8. The smallest absolute Gasteiger partial charge is 0.251 e. The molecule has 1 aromatic carbocycles. The molecule has 0 spiro atoms. The van der Waals surface area contributed by atoms with Gasteiger partial charge < -0.3 is 15.0 Å². The number of carbonyl (C=O) groups excluding carboxylic acids is 2. The number of piperidine rings is 1. The van der Waals surface area contributed by atoms with Crippen LogP contribution in [-0.4, -0.2) is 40.9 Å². The van der Waals surface area contributed by atoms with Gasteiger partial charge in [0.2, 0.25) is 5.91 Å². The number of pyridine rings is 1. The lowest BCUT2D eigenvalue weighted by molar-refractivity contribution is -0.134. The lowest BCUT2D eigenvalue weighted by Gasteiger charge is -2.32. The van der Waals surface area contributed by atoms with Crippen LogP contribution < -0.4 is 10.1 Å². The molecule has 2 aliphatic rings. The molecule has 1 atom stereocenters. The van der Waals surface area contributed by atoms with Crippen LogP contribution >= 0.6 is 0 Å². The summed E-state index contributed by atoms with van der Waals surface area (Å²) < 4.78 is 6.09. The molecule has 1 aliphatic heterocycles. The van der Waals surface area contributed by atoms with Gasteiger partial charge in [0, 0.05) is 49.8 Å². The molecule has 0 bridgehead atoms. The largest absolute Gasteiger partial charge is 0.490 e. The highest BCUT2D eigenvalue weighted by atomic mass is 16.5. The van der Waals surface area contributed by atoms with E-state index in [1.807, 2.05) is 36.1 Å². The van der Waals surface area contributed by atoms with E-state index in [2.05, 4.69) is 10.3 Å². The normalized spacial score (nSPS) is 18.0. The van der Waals surface area contributed by atoms with Gasteiger partial charge in [-0.2, -0.15) is 0 Å². The third-order valence-electron chi connectivity index (χ3n) is 5.92. The molecular formula is C24H29N3O3. The number of nitrogens with one attached hydrogen (secondary N) is 1. The molecule has 1 saturated carbocycles. The average Bonchev–Trinajstić information content (AvgIpc) is 3.64. The highest BCUT2D eigenvalue weighted by molar-refractivity contribution is 5.94. The van der Waals surface area contributed by atoms with Gasteiger partial charge in [-0.05, 0) is 61.2 Å². The van der Waals surface area contributed by atoms with Gasteiger partial charge in [-0.25, -0.2) is 0 Å². The van der Waals surface area contributed by atoms with Crippen molar-refractivity contribution < 1.29 is 14.3 Å². The van der Waals surface area contributed by atoms with Crippen molar-refractivity contribution in [3.05, 3.63) is 59.9 Å². The maximum atomic E-state index is 12.6. The monoisotopic (exact) mass is 407 g/mol. The number of carbonyl (C=O) groups is 2. The Bertz CT molecular complexity index is 857.